The van der Waals surface area contributed by atoms with Gasteiger partial charge in [-0.1, -0.05) is 56.5 Å². The molecule has 0 aliphatic heterocycles. The quantitative estimate of drug-likeness (QED) is 0.700. The zero-order valence-electron chi connectivity index (χ0n) is 9.74. The first-order valence-electron chi connectivity index (χ1n) is 5.93. The zero-order chi connectivity index (χ0) is 11.6. The molecule has 0 heterocycles. The van der Waals surface area contributed by atoms with Crippen LogP contribution < -0.4 is 5.32 Å². The largest absolute Gasteiger partial charge is 0.352 e. The summed E-state index contributed by atoms with van der Waals surface area (Å²) in [6.07, 6.45) is 4.78. The van der Waals surface area contributed by atoms with Crippen LogP contribution in [0.3, 0.4) is 0 Å². The van der Waals surface area contributed by atoms with Crippen molar-refractivity contribution in [3.05, 3.63) is 42.8 Å². The minimum absolute atomic E-state index is 0.146. The van der Waals surface area contributed by atoms with Gasteiger partial charge < -0.3 is 5.32 Å². The summed E-state index contributed by atoms with van der Waals surface area (Å²) >= 11 is 0. The Labute approximate surface area is 98.1 Å². The van der Waals surface area contributed by atoms with Crippen molar-refractivity contribution in [2.45, 2.75) is 38.6 Å². The molecule has 0 unspecified atom stereocenters. The van der Waals surface area contributed by atoms with E-state index in [2.05, 4.69) is 12.2 Å². The van der Waals surface area contributed by atoms with Gasteiger partial charge in [-0.25, -0.2) is 0 Å². The van der Waals surface area contributed by atoms with Crippen molar-refractivity contribution in [3.63, 3.8) is 0 Å². The van der Waals surface area contributed by atoms with Gasteiger partial charge in [0.2, 0.25) is 5.91 Å². The van der Waals surface area contributed by atoms with E-state index in [1.54, 1.807) is 0 Å². The summed E-state index contributed by atoms with van der Waals surface area (Å²) < 4.78 is 0. The van der Waals surface area contributed by atoms with Crippen LogP contribution in [0.1, 0.15) is 37.7 Å². The first-order valence-corrected chi connectivity index (χ1v) is 5.93. The molecule has 1 N–H and O–H groups in total. The van der Waals surface area contributed by atoms with Crippen LogP contribution in [0.25, 0.3) is 0 Å². The van der Waals surface area contributed by atoms with E-state index >= 15 is 0 Å². The number of rotatable bonds is 7. The van der Waals surface area contributed by atoms with Crippen LogP contribution in [0, 0.1) is 6.92 Å². The molecule has 16 heavy (non-hydrogen) atoms. The number of nitrogens with one attached hydrogen (secondary N) is 1. The Morgan fingerprint density at radius 3 is 2.56 bits per heavy atom. The summed E-state index contributed by atoms with van der Waals surface area (Å²) in [4.78, 5) is 11.5. The summed E-state index contributed by atoms with van der Waals surface area (Å²) in [6.45, 7) is 4.41. The van der Waals surface area contributed by atoms with Crippen molar-refractivity contribution < 1.29 is 4.79 Å². The van der Waals surface area contributed by atoms with Gasteiger partial charge in [-0.2, -0.15) is 0 Å². The Morgan fingerprint density at radius 2 is 1.88 bits per heavy atom. The normalized spacial score (nSPS) is 10.1. The molecule has 0 saturated heterocycles. The van der Waals surface area contributed by atoms with Gasteiger partial charge in [-0.05, 0) is 12.0 Å². The minimum atomic E-state index is 0.146. The van der Waals surface area contributed by atoms with Crippen molar-refractivity contribution >= 4 is 5.91 Å². The SMILES string of the molecule is [CH2]CCCCCC(=O)NCc1ccccc1. The molecule has 0 saturated carbocycles. The van der Waals surface area contributed by atoms with Gasteiger partial charge in [0, 0.05) is 13.0 Å². The molecule has 0 aliphatic rings. The fourth-order valence-electron chi connectivity index (χ4n) is 1.52. The fraction of sp³-hybridized carbons (Fsp3) is 0.429. The van der Waals surface area contributed by atoms with Crippen molar-refractivity contribution in [3.8, 4) is 0 Å². The monoisotopic (exact) mass is 218 g/mol. The summed E-state index contributed by atoms with van der Waals surface area (Å²) in [7, 11) is 0. The summed E-state index contributed by atoms with van der Waals surface area (Å²) in [5.74, 6) is 0.146. The molecule has 0 aromatic heterocycles. The molecule has 1 aromatic rings. The molecule has 0 fully saturated rings. The van der Waals surface area contributed by atoms with E-state index in [9.17, 15) is 4.79 Å². The highest BCUT2D eigenvalue weighted by Crippen LogP contribution is 2.02. The Morgan fingerprint density at radius 1 is 1.12 bits per heavy atom. The Kier molecular flexibility index (Phi) is 6.31. The van der Waals surface area contributed by atoms with Crippen LogP contribution in [0.4, 0.5) is 0 Å². The van der Waals surface area contributed by atoms with Crippen molar-refractivity contribution in [1.29, 1.82) is 0 Å². The fourth-order valence-corrected chi connectivity index (χ4v) is 1.52. The molecule has 1 aromatic carbocycles. The molecule has 0 bridgehead atoms. The lowest BCUT2D eigenvalue weighted by molar-refractivity contribution is -0.121. The van der Waals surface area contributed by atoms with E-state index in [1.807, 2.05) is 30.3 Å². The number of amides is 1. The van der Waals surface area contributed by atoms with Gasteiger partial charge in [0.1, 0.15) is 0 Å². The van der Waals surface area contributed by atoms with Gasteiger partial charge in [0.05, 0.1) is 0 Å². The van der Waals surface area contributed by atoms with Crippen molar-refractivity contribution in [1.82, 2.24) is 5.32 Å². The minimum Gasteiger partial charge on any atom is -0.352 e. The lowest BCUT2D eigenvalue weighted by Gasteiger charge is -2.04. The van der Waals surface area contributed by atoms with E-state index in [1.165, 1.54) is 0 Å². The highest BCUT2D eigenvalue weighted by atomic mass is 16.1. The topological polar surface area (TPSA) is 29.1 Å². The average Bonchev–Trinajstić information content (AvgIpc) is 2.33. The van der Waals surface area contributed by atoms with E-state index in [4.69, 9.17) is 0 Å². The molecule has 0 atom stereocenters. The lowest BCUT2D eigenvalue weighted by atomic mass is 10.1. The Bertz CT molecular complexity index is 295. The molecular weight excluding hydrogens is 198 g/mol. The predicted octanol–water partition coefficient (Wildman–Crippen LogP) is 3.09. The smallest absolute Gasteiger partial charge is 0.220 e. The van der Waals surface area contributed by atoms with E-state index in [0.717, 1.165) is 31.2 Å². The van der Waals surface area contributed by atoms with E-state index in [-0.39, 0.29) is 5.91 Å². The van der Waals surface area contributed by atoms with Crippen LogP contribution in [-0.2, 0) is 11.3 Å². The lowest BCUT2D eigenvalue weighted by Crippen LogP contribution is -2.22. The second-order valence-electron chi connectivity index (χ2n) is 3.93. The van der Waals surface area contributed by atoms with E-state index < -0.39 is 0 Å². The Hall–Kier alpha value is -1.31. The maximum atomic E-state index is 11.5. The third kappa shape index (κ3) is 5.54. The number of benzene rings is 1. The van der Waals surface area contributed by atoms with Gasteiger partial charge in [0.15, 0.2) is 0 Å². The number of unbranched alkanes of at least 4 members (excludes halogenated alkanes) is 3. The standard InChI is InChI=1S/C14H20NO/c1-2-3-4-8-11-14(16)15-12-13-9-6-5-7-10-13/h5-7,9-10H,1-4,8,11-12H2,(H,15,16). The van der Waals surface area contributed by atoms with Crippen molar-refractivity contribution in [2.75, 3.05) is 0 Å². The van der Waals surface area contributed by atoms with Gasteiger partial charge in [0.25, 0.3) is 0 Å². The van der Waals surface area contributed by atoms with Crippen molar-refractivity contribution in [2.24, 2.45) is 0 Å². The first-order chi connectivity index (χ1) is 7.83. The Balaban J connectivity index is 2.11. The molecule has 1 amide bonds. The number of carbonyl (C=O) groups excluding carboxylic acids is 1. The molecule has 1 rings (SSSR count). The van der Waals surface area contributed by atoms with Crippen LogP contribution >= 0.6 is 0 Å². The predicted molar refractivity (Wildman–Crippen MR) is 66.7 cm³/mol. The number of hydrogen-bond donors (Lipinski definition) is 1. The van der Waals surface area contributed by atoms with Gasteiger partial charge in [-0.15, -0.1) is 0 Å². The first kappa shape index (κ1) is 12.8. The average molecular weight is 218 g/mol. The molecule has 2 nitrogen and oxygen atoms in total. The molecule has 0 spiro atoms. The second-order valence-corrected chi connectivity index (χ2v) is 3.93. The maximum absolute atomic E-state index is 11.5. The third-order valence-electron chi connectivity index (χ3n) is 2.49. The van der Waals surface area contributed by atoms with Gasteiger partial charge in [-0.3, -0.25) is 4.79 Å². The summed E-state index contributed by atoms with van der Waals surface area (Å²) in [6, 6.07) is 9.97. The van der Waals surface area contributed by atoms with Crippen LogP contribution in [0.5, 0.6) is 0 Å². The van der Waals surface area contributed by atoms with E-state index in [0.29, 0.717) is 13.0 Å². The van der Waals surface area contributed by atoms with Crippen LogP contribution in [0.2, 0.25) is 0 Å². The molecular formula is C14H20NO. The number of carbonyl (C=O) groups is 1. The molecule has 2 heteroatoms. The third-order valence-corrected chi connectivity index (χ3v) is 2.49. The van der Waals surface area contributed by atoms with Crippen LogP contribution in [0.15, 0.2) is 30.3 Å². The molecule has 1 radical (unpaired) electrons. The van der Waals surface area contributed by atoms with Crippen LogP contribution in [-0.4, -0.2) is 5.91 Å². The molecule has 87 valence electrons. The van der Waals surface area contributed by atoms with Gasteiger partial charge >= 0.3 is 0 Å². The number of hydrogen-bond acceptors (Lipinski definition) is 1. The maximum Gasteiger partial charge on any atom is 0.220 e. The zero-order valence-corrected chi connectivity index (χ0v) is 9.74. The highest BCUT2D eigenvalue weighted by molar-refractivity contribution is 5.75. The summed E-state index contributed by atoms with van der Waals surface area (Å²) in [5, 5.41) is 2.92. The second kappa shape index (κ2) is 7.91. The highest BCUT2D eigenvalue weighted by Gasteiger charge is 2.00. The molecule has 0 aliphatic carbocycles. The summed E-state index contributed by atoms with van der Waals surface area (Å²) in [5.41, 5.74) is 1.15.